The number of aromatic nitrogens is 1. The summed E-state index contributed by atoms with van der Waals surface area (Å²) in [7, 11) is 0. The summed E-state index contributed by atoms with van der Waals surface area (Å²) < 4.78 is 10.3. The average molecular weight is 334 g/mol. The molecule has 0 fully saturated rings. The highest BCUT2D eigenvalue weighted by atomic mass is 32.1. The summed E-state index contributed by atoms with van der Waals surface area (Å²) in [6, 6.07) is 9.59. The molecule has 0 saturated carbocycles. The third kappa shape index (κ3) is 5.15. The number of thiazole rings is 1. The van der Waals surface area contributed by atoms with E-state index in [1.54, 1.807) is 13.8 Å². The first-order valence-electron chi connectivity index (χ1n) is 7.16. The Morgan fingerprint density at radius 2 is 2.00 bits per heavy atom. The Morgan fingerprint density at radius 1 is 1.26 bits per heavy atom. The van der Waals surface area contributed by atoms with Crippen LogP contribution in [-0.2, 0) is 20.9 Å². The SMILES string of the molecule is CCOC(=O)c1sc(NC(=O)COCc2ccccc2)nc1C. The van der Waals surface area contributed by atoms with E-state index in [0.717, 1.165) is 16.9 Å². The van der Waals surface area contributed by atoms with Gasteiger partial charge in [0.2, 0.25) is 0 Å². The molecule has 122 valence electrons. The highest BCUT2D eigenvalue weighted by Crippen LogP contribution is 2.23. The lowest BCUT2D eigenvalue weighted by molar-refractivity contribution is -0.121. The molecule has 2 rings (SSSR count). The predicted octanol–water partition coefficient (Wildman–Crippen LogP) is 2.78. The number of carbonyl (C=O) groups excluding carboxylic acids is 2. The minimum Gasteiger partial charge on any atom is -0.462 e. The topological polar surface area (TPSA) is 77.5 Å². The molecule has 0 aliphatic heterocycles. The minimum atomic E-state index is -0.427. The van der Waals surface area contributed by atoms with Crippen molar-refractivity contribution in [2.75, 3.05) is 18.5 Å². The molecule has 1 aromatic carbocycles. The molecule has 1 aromatic heterocycles. The minimum absolute atomic E-state index is 0.0811. The van der Waals surface area contributed by atoms with Crippen LogP contribution in [0.1, 0.15) is 27.9 Å². The first kappa shape index (κ1) is 17.1. The Labute approximate surface area is 138 Å². The Balaban J connectivity index is 1.83. The van der Waals surface area contributed by atoms with Gasteiger partial charge >= 0.3 is 5.97 Å². The maximum Gasteiger partial charge on any atom is 0.350 e. The van der Waals surface area contributed by atoms with Crippen LogP contribution in [-0.4, -0.2) is 30.1 Å². The van der Waals surface area contributed by atoms with Crippen LogP contribution in [0.15, 0.2) is 30.3 Å². The van der Waals surface area contributed by atoms with Gasteiger partial charge in [-0.3, -0.25) is 10.1 Å². The number of hydrogen-bond donors (Lipinski definition) is 1. The zero-order chi connectivity index (χ0) is 16.7. The Hall–Kier alpha value is -2.25. The van der Waals surface area contributed by atoms with Gasteiger partial charge in [-0.2, -0.15) is 0 Å². The zero-order valence-electron chi connectivity index (χ0n) is 13.0. The summed E-state index contributed by atoms with van der Waals surface area (Å²) in [6.45, 7) is 4.01. The number of benzene rings is 1. The molecular weight excluding hydrogens is 316 g/mol. The molecule has 0 unspecified atom stereocenters. The lowest BCUT2D eigenvalue weighted by Gasteiger charge is -2.04. The van der Waals surface area contributed by atoms with Crippen LogP contribution in [0.2, 0.25) is 0 Å². The van der Waals surface area contributed by atoms with E-state index in [1.807, 2.05) is 30.3 Å². The van der Waals surface area contributed by atoms with Crippen LogP contribution in [0.25, 0.3) is 0 Å². The maximum atomic E-state index is 11.8. The standard InChI is InChI=1S/C16H18N2O4S/c1-3-22-15(20)14-11(2)17-16(23-14)18-13(19)10-21-9-12-7-5-4-6-8-12/h4-8H,3,9-10H2,1-2H3,(H,17,18,19). The van der Waals surface area contributed by atoms with Crippen molar-refractivity contribution in [3.8, 4) is 0 Å². The first-order chi connectivity index (χ1) is 11.1. The van der Waals surface area contributed by atoms with E-state index in [4.69, 9.17) is 9.47 Å². The van der Waals surface area contributed by atoms with Gasteiger partial charge in [-0.25, -0.2) is 9.78 Å². The second kappa shape index (κ2) is 8.40. The van der Waals surface area contributed by atoms with E-state index in [0.29, 0.717) is 28.9 Å². The van der Waals surface area contributed by atoms with Crippen molar-refractivity contribution in [3.63, 3.8) is 0 Å². The van der Waals surface area contributed by atoms with Crippen LogP contribution >= 0.6 is 11.3 Å². The Kier molecular flexibility index (Phi) is 6.25. The van der Waals surface area contributed by atoms with Crippen molar-refractivity contribution >= 4 is 28.3 Å². The third-order valence-corrected chi connectivity index (χ3v) is 3.90. The fourth-order valence-electron chi connectivity index (χ4n) is 1.83. The molecule has 0 radical (unpaired) electrons. The third-order valence-electron chi connectivity index (χ3n) is 2.85. The number of esters is 1. The second-order valence-electron chi connectivity index (χ2n) is 4.68. The molecule has 0 aliphatic rings. The summed E-state index contributed by atoms with van der Waals surface area (Å²) in [4.78, 5) is 28.1. The van der Waals surface area contributed by atoms with Gasteiger partial charge in [-0.05, 0) is 19.4 Å². The predicted molar refractivity (Wildman–Crippen MR) is 87.5 cm³/mol. The molecule has 7 heteroatoms. The van der Waals surface area contributed by atoms with Crippen molar-refractivity contribution in [2.24, 2.45) is 0 Å². The van der Waals surface area contributed by atoms with Crippen molar-refractivity contribution in [1.29, 1.82) is 0 Å². The number of nitrogens with one attached hydrogen (secondary N) is 1. The van der Waals surface area contributed by atoms with Crippen LogP contribution in [0.3, 0.4) is 0 Å². The average Bonchev–Trinajstić information content (AvgIpc) is 2.89. The summed E-state index contributed by atoms with van der Waals surface area (Å²) in [6.07, 6.45) is 0. The van der Waals surface area contributed by atoms with Crippen molar-refractivity contribution in [1.82, 2.24) is 4.98 Å². The van der Waals surface area contributed by atoms with Gasteiger partial charge in [-0.15, -0.1) is 0 Å². The van der Waals surface area contributed by atoms with Gasteiger partial charge in [-0.1, -0.05) is 41.7 Å². The molecule has 1 heterocycles. The fourth-order valence-corrected chi connectivity index (χ4v) is 2.70. The number of rotatable bonds is 7. The first-order valence-corrected chi connectivity index (χ1v) is 7.98. The van der Waals surface area contributed by atoms with Gasteiger partial charge in [0.25, 0.3) is 5.91 Å². The summed E-state index contributed by atoms with van der Waals surface area (Å²) in [5, 5.41) is 2.98. The number of amides is 1. The molecule has 0 aliphatic carbocycles. The number of nitrogens with zero attached hydrogens (tertiary/aromatic N) is 1. The molecule has 23 heavy (non-hydrogen) atoms. The smallest absolute Gasteiger partial charge is 0.350 e. The van der Waals surface area contributed by atoms with Gasteiger partial charge < -0.3 is 9.47 Å². The largest absolute Gasteiger partial charge is 0.462 e. The molecular formula is C16H18N2O4S. The highest BCUT2D eigenvalue weighted by molar-refractivity contribution is 7.17. The lowest BCUT2D eigenvalue weighted by atomic mass is 10.2. The second-order valence-corrected chi connectivity index (χ2v) is 5.68. The maximum absolute atomic E-state index is 11.8. The van der Waals surface area contributed by atoms with Gasteiger partial charge in [0.1, 0.15) is 11.5 Å². The summed E-state index contributed by atoms with van der Waals surface area (Å²) in [5.41, 5.74) is 1.53. The Bertz CT molecular complexity index is 670. The van der Waals surface area contributed by atoms with Crippen LogP contribution in [0, 0.1) is 6.92 Å². The summed E-state index contributed by atoms with van der Waals surface area (Å²) in [5.74, 6) is -0.742. The quantitative estimate of drug-likeness (QED) is 0.788. The molecule has 0 saturated heterocycles. The van der Waals surface area contributed by atoms with E-state index in [1.165, 1.54) is 0 Å². The highest BCUT2D eigenvalue weighted by Gasteiger charge is 2.17. The van der Waals surface area contributed by atoms with E-state index >= 15 is 0 Å². The normalized spacial score (nSPS) is 10.3. The lowest BCUT2D eigenvalue weighted by Crippen LogP contribution is -2.18. The molecule has 0 spiro atoms. The monoisotopic (exact) mass is 334 g/mol. The Morgan fingerprint density at radius 3 is 2.70 bits per heavy atom. The van der Waals surface area contributed by atoms with Crippen molar-refractivity contribution in [2.45, 2.75) is 20.5 Å². The molecule has 1 N–H and O–H groups in total. The van der Waals surface area contributed by atoms with Gasteiger partial charge in [0.05, 0.1) is 18.9 Å². The molecule has 2 aromatic rings. The van der Waals surface area contributed by atoms with E-state index in [2.05, 4.69) is 10.3 Å². The van der Waals surface area contributed by atoms with E-state index in [-0.39, 0.29) is 12.5 Å². The zero-order valence-corrected chi connectivity index (χ0v) is 13.8. The number of ether oxygens (including phenoxy) is 2. The van der Waals surface area contributed by atoms with E-state index < -0.39 is 5.97 Å². The van der Waals surface area contributed by atoms with Crippen LogP contribution in [0.4, 0.5) is 5.13 Å². The molecule has 6 nitrogen and oxygen atoms in total. The fraction of sp³-hybridized carbons (Fsp3) is 0.312. The van der Waals surface area contributed by atoms with Crippen LogP contribution in [0.5, 0.6) is 0 Å². The molecule has 1 amide bonds. The van der Waals surface area contributed by atoms with Gasteiger partial charge in [0, 0.05) is 0 Å². The van der Waals surface area contributed by atoms with Crippen LogP contribution < -0.4 is 5.32 Å². The number of aryl methyl sites for hydroxylation is 1. The van der Waals surface area contributed by atoms with Crippen molar-refractivity contribution in [3.05, 3.63) is 46.5 Å². The number of anilines is 1. The molecule has 0 atom stereocenters. The van der Waals surface area contributed by atoms with Gasteiger partial charge in [0.15, 0.2) is 5.13 Å². The summed E-state index contributed by atoms with van der Waals surface area (Å²) >= 11 is 1.09. The number of carbonyl (C=O) groups is 2. The number of hydrogen-bond acceptors (Lipinski definition) is 6. The van der Waals surface area contributed by atoms with E-state index in [9.17, 15) is 9.59 Å². The molecule has 0 bridgehead atoms. The van der Waals surface area contributed by atoms with Crippen molar-refractivity contribution < 1.29 is 19.1 Å².